The molecule has 23 heavy (non-hydrogen) atoms. The number of amides is 1. The van der Waals surface area contributed by atoms with Crippen LogP contribution in [0.25, 0.3) is 0 Å². The van der Waals surface area contributed by atoms with Crippen LogP contribution in [0.3, 0.4) is 0 Å². The number of rotatable bonds is 7. The van der Waals surface area contributed by atoms with Crippen LogP contribution >= 0.6 is 0 Å². The smallest absolute Gasteiger partial charge is 0.234 e. The number of ether oxygens (including phenoxy) is 2. The lowest BCUT2D eigenvalue weighted by Gasteiger charge is -2.30. The summed E-state index contributed by atoms with van der Waals surface area (Å²) in [6.45, 7) is 5.53. The number of hydrogen-bond donors (Lipinski definition) is 2. The van der Waals surface area contributed by atoms with Crippen molar-refractivity contribution in [2.24, 2.45) is 0 Å². The third-order valence-corrected chi connectivity index (χ3v) is 3.98. The van der Waals surface area contributed by atoms with E-state index in [0.717, 1.165) is 31.0 Å². The van der Waals surface area contributed by atoms with E-state index in [2.05, 4.69) is 22.6 Å². The number of nitrogens with zero attached hydrogens (tertiary/aromatic N) is 1. The lowest BCUT2D eigenvalue weighted by atomic mass is 10.1. The number of benzene rings is 1. The Balaban J connectivity index is 1.73. The molecule has 6 heteroatoms. The van der Waals surface area contributed by atoms with E-state index in [1.54, 1.807) is 7.11 Å². The predicted octanol–water partition coefficient (Wildman–Crippen LogP) is 0.793. The Kier molecular flexibility index (Phi) is 6.83. The number of hydrogen-bond acceptors (Lipinski definition) is 5. The molecule has 2 rings (SSSR count). The average Bonchev–Trinajstić information content (AvgIpc) is 2.54. The molecule has 0 bridgehead atoms. The quantitative estimate of drug-likeness (QED) is 0.777. The molecule has 0 radical (unpaired) electrons. The predicted molar refractivity (Wildman–Crippen MR) is 89.7 cm³/mol. The van der Waals surface area contributed by atoms with E-state index < -0.39 is 0 Å². The van der Waals surface area contributed by atoms with E-state index in [1.165, 1.54) is 0 Å². The fraction of sp³-hybridized carbons (Fsp3) is 0.588. The van der Waals surface area contributed by atoms with Crippen LogP contribution in [-0.2, 0) is 9.53 Å². The van der Waals surface area contributed by atoms with Crippen molar-refractivity contribution in [2.75, 3.05) is 46.9 Å². The lowest BCUT2D eigenvalue weighted by molar-refractivity contribution is -0.121. The Morgan fingerprint density at radius 3 is 3.00 bits per heavy atom. The molecule has 1 amide bonds. The molecule has 128 valence electrons. The second kappa shape index (κ2) is 8.86. The van der Waals surface area contributed by atoms with E-state index in [4.69, 9.17) is 9.47 Å². The first-order valence-corrected chi connectivity index (χ1v) is 8.03. The van der Waals surface area contributed by atoms with Gasteiger partial charge in [-0.05, 0) is 20.0 Å². The molecule has 1 aliphatic rings. The van der Waals surface area contributed by atoms with Gasteiger partial charge in [0.2, 0.25) is 5.91 Å². The van der Waals surface area contributed by atoms with Gasteiger partial charge in [-0.15, -0.1) is 0 Å². The summed E-state index contributed by atoms with van der Waals surface area (Å²) in [5.74, 6) is 0.750. The Morgan fingerprint density at radius 2 is 2.26 bits per heavy atom. The van der Waals surface area contributed by atoms with E-state index in [0.29, 0.717) is 6.54 Å². The fourth-order valence-electron chi connectivity index (χ4n) is 2.73. The van der Waals surface area contributed by atoms with E-state index in [-0.39, 0.29) is 24.6 Å². The summed E-state index contributed by atoms with van der Waals surface area (Å²) in [5, 5.41) is 6.15. The summed E-state index contributed by atoms with van der Waals surface area (Å²) in [4.78, 5) is 14.3. The van der Waals surface area contributed by atoms with Gasteiger partial charge in [0.15, 0.2) is 0 Å². The fourth-order valence-corrected chi connectivity index (χ4v) is 2.73. The molecule has 1 aromatic carbocycles. The van der Waals surface area contributed by atoms with Crippen LogP contribution in [0, 0.1) is 0 Å². The zero-order chi connectivity index (χ0) is 16.7. The van der Waals surface area contributed by atoms with Gasteiger partial charge in [0, 0.05) is 25.2 Å². The molecular formula is C17H27N3O3. The van der Waals surface area contributed by atoms with Gasteiger partial charge in [-0.1, -0.05) is 18.2 Å². The maximum atomic E-state index is 12.1. The summed E-state index contributed by atoms with van der Waals surface area (Å²) < 4.78 is 11.0. The van der Waals surface area contributed by atoms with Crippen LogP contribution in [0.4, 0.5) is 0 Å². The minimum absolute atomic E-state index is 0.0347. The summed E-state index contributed by atoms with van der Waals surface area (Å²) in [7, 11) is 3.72. The van der Waals surface area contributed by atoms with Crippen molar-refractivity contribution in [1.29, 1.82) is 0 Å². The highest BCUT2D eigenvalue weighted by Gasteiger charge is 2.18. The summed E-state index contributed by atoms with van der Waals surface area (Å²) in [5.41, 5.74) is 0.973. The van der Waals surface area contributed by atoms with Gasteiger partial charge in [0.1, 0.15) is 5.75 Å². The van der Waals surface area contributed by atoms with Crippen molar-refractivity contribution < 1.29 is 14.3 Å². The first-order valence-electron chi connectivity index (χ1n) is 8.03. The van der Waals surface area contributed by atoms with Gasteiger partial charge in [-0.25, -0.2) is 0 Å². The van der Waals surface area contributed by atoms with Crippen LogP contribution in [0.5, 0.6) is 5.75 Å². The van der Waals surface area contributed by atoms with E-state index in [1.807, 2.05) is 31.2 Å². The standard InChI is InChI=1S/C17H27N3O3/c1-13(15-6-4-5-7-16(15)22-3)19-17(21)11-18-10-14-12-20(2)8-9-23-14/h4-7,13-14,18H,8-12H2,1-3H3,(H,19,21). The second-order valence-electron chi connectivity index (χ2n) is 5.92. The maximum Gasteiger partial charge on any atom is 0.234 e. The third kappa shape index (κ3) is 5.49. The van der Waals surface area contributed by atoms with Gasteiger partial charge in [-0.2, -0.15) is 0 Å². The van der Waals surface area contributed by atoms with E-state index in [9.17, 15) is 4.79 Å². The topological polar surface area (TPSA) is 62.8 Å². The maximum absolute atomic E-state index is 12.1. The number of para-hydroxylation sites is 1. The second-order valence-corrected chi connectivity index (χ2v) is 5.92. The molecule has 1 aromatic rings. The number of carbonyl (C=O) groups excluding carboxylic acids is 1. The molecule has 1 saturated heterocycles. The lowest BCUT2D eigenvalue weighted by Crippen LogP contribution is -2.46. The summed E-state index contributed by atoms with van der Waals surface area (Å²) in [6.07, 6.45) is 0.146. The molecule has 6 nitrogen and oxygen atoms in total. The van der Waals surface area contributed by atoms with Gasteiger partial charge < -0.3 is 25.0 Å². The van der Waals surface area contributed by atoms with Crippen molar-refractivity contribution in [3.05, 3.63) is 29.8 Å². The molecule has 1 aliphatic heterocycles. The van der Waals surface area contributed by atoms with Crippen molar-refractivity contribution >= 4 is 5.91 Å². The van der Waals surface area contributed by atoms with Crippen molar-refractivity contribution in [3.8, 4) is 5.75 Å². The van der Waals surface area contributed by atoms with Crippen LogP contribution in [0.1, 0.15) is 18.5 Å². The molecular weight excluding hydrogens is 294 g/mol. The molecule has 0 aromatic heterocycles. The van der Waals surface area contributed by atoms with Crippen molar-refractivity contribution in [2.45, 2.75) is 19.1 Å². The van der Waals surface area contributed by atoms with Crippen molar-refractivity contribution in [1.82, 2.24) is 15.5 Å². The average molecular weight is 321 g/mol. The SMILES string of the molecule is COc1ccccc1C(C)NC(=O)CNCC1CN(C)CCO1. The number of likely N-dealkylation sites (N-methyl/N-ethyl adjacent to an activating group) is 1. The molecule has 2 N–H and O–H groups in total. The first-order chi connectivity index (χ1) is 11.1. The normalized spacial score (nSPS) is 20.0. The minimum Gasteiger partial charge on any atom is -0.496 e. The highest BCUT2D eigenvalue weighted by Crippen LogP contribution is 2.23. The van der Waals surface area contributed by atoms with Crippen molar-refractivity contribution in [3.63, 3.8) is 0 Å². The number of carbonyl (C=O) groups is 1. The molecule has 0 saturated carbocycles. The monoisotopic (exact) mass is 321 g/mol. The van der Waals surface area contributed by atoms with Gasteiger partial charge >= 0.3 is 0 Å². The third-order valence-electron chi connectivity index (χ3n) is 3.98. The molecule has 1 heterocycles. The van der Waals surface area contributed by atoms with Crippen LogP contribution < -0.4 is 15.4 Å². The number of nitrogens with one attached hydrogen (secondary N) is 2. The van der Waals surface area contributed by atoms with Gasteiger partial charge in [0.25, 0.3) is 0 Å². The largest absolute Gasteiger partial charge is 0.496 e. The van der Waals surface area contributed by atoms with Gasteiger partial charge in [-0.3, -0.25) is 4.79 Å². The minimum atomic E-state index is -0.0995. The Bertz CT molecular complexity index is 510. The number of methoxy groups -OCH3 is 1. The van der Waals surface area contributed by atoms with Crippen LogP contribution in [-0.4, -0.2) is 63.9 Å². The highest BCUT2D eigenvalue weighted by atomic mass is 16.5. The zero-order valence-corrected chi connectivity index (χ0v) is 14.2. The molecule has 2 unspecified atom stereocenters. The van der Waals surface area contributed by atoms with Crippen LogP contribution in [0.15, 0.2) is 24.3 Å². The van der Waals surface area contributed by atoms with Gasteiger partial charge in [0.05, 0.1) is 32.4 Å². The molecule has 0 aliphatic carbocycles. The summed E-state index contributed by atoms with van der Waals surface area (Å²) >= 11 is 0. The summed E-state index contributed by atoms with van der Waals surface area (Å²) in [6, 6.07) is 7.61. The number of morpholine rings is 1. The highest BCUT2D eigenvalue weighted by molar-refractivity contribution is 5.78. The Morgan fingerprint density at radius 1 is 1.48 bits per heavy atom. The van der Waals surface area contributed by atoms with E-state index >= 15 is 0 Å². The first kappa shape index (κ1) is 17.7. The molecule has 1 fully saturated rings. The zero-order valence-electron chi connectivity index (χ0n) is 14.2. The Hall–Kier alpha value is -1.63. The van der Waals surface area contributed by atoms with Crippen LogP contribution in [0.2, 0.25) is 0 Å². The molecule has 0 spiro atoms. The molecule has 2 atom stereocenters. The Labute approximate surface area is 138 Å².